The van der Waals surface area contributed by atoms with Gasteiger partial charge in [-0.1, -0.05) is 6.07 Å². The van der Waals surface area contributed by atoms with Crippen LogP contribution in [0.5, 0.6) is 0 Å². The second-order valence-electron chi connectivity index (χ2n) is 3.46. The molecule has 1 aromatic heterocycles. The van der Waals surface area contributed by atoms with Gasteiger partial charge in [0.05, 0.1) is 5.56 Å². The number of fused-ring (bicyclic) bond motifs is 1. The molecule has 2 rings (SSSR count). The molecule has 0 aliphatic rings. The lowest BCUT2D eigenvalue weighted by molar-refractivity contribution is -0.131. The molecule has 1 aromatic carbocycles. The highest BCUT2D eigenvalue weighted by atomic mass is 79.9. The summed E-state index contributed by atoms with van der Waals surface area (Å²) in [7, 11) is 0. The van der Waals surface area contributed by atoms with E-state index >= 15 is 0 Å². The summed E-state index contributed by atoms with van der Waals surface area (Å²) in [6, 6.07) is 3.70. The third kappa shape index (κ3) is 1.53. The van der Waals surface area contributed by atoms with Crippen LogP contribution in [0.15, 0.2) is 22.8 Å². The van der Waals surface area contributed by atoms with E-state index in [0.717, 1.165) is 15.6 Å². The zero-order chi connectivity index (χ0) is 11.9. The number of ketones is 1. The number of hydrogen-bond donors (Lipinski definition) is 2. The maximum Gasteiger partial charge on any atom is 0.377 e. The molecule has 0 amide bonds. The van der Waals surface area contributed by atoms with Crippen molar-refractivity contribution >= 4 is 38.6 Å². The van der Waals surface area contributed by atoms with Gasteiger partial charge < -0.3 is 10.1 Å². The molecule has 82 valence electrons. The molecule has 16 heavy (non-hydrogen) atoms. The minimum atomic E-state index is -1.45. The van der Waals surface area contributed by atoms with Crippen molar-refractivity contribution in [2.24, 2.45) is 0 Å². The van der Waals surface area contributed by atoms with Crippen molar-refractivity contribution in [3.8, 4) is 0 Å². The molecule has 0 saturated heterocycles. The van der Waals surface area contributed by atoms with Gasteiger partial charge in [-0.25, -0.2) is 4.79 Å². The number of hydrogen-bond acceptors (Lipinski definition) is 2. The summed E-state index contributed by atoms with van der Waals surface area (Å²) in [6.45, 7) is 1.88. The SMILES string of the molecule is Cc1ccc2[nH]cc(C(=O)C(=O)O)c2c1Br. The number of aromatic nitrogens is 1. The average Bonchev–Trinajstić information content (AvgIpc) is 2.66. The van der Waals surface area contributed by atoms with Crippen LogP contribution in [0.4, 0.5) is 0 Å². The fraction of sp³-hybridized carbons (Fsp3) is 0.0909. The lowest BCUT2D eigenvalue weighted by Crippen LogP contribution is -2.12. The minimum absolute atomic E-state index is 0.179. The zero-order valence-electron chi connectivity index (χ0n) is 8.37. The predicted molar refractivity (Wildman–Crippen MR) is 62.7 cm³/mol. The Morgan fingerprint density at radius 1 is 1.38 bits per heavy atom. The van der Waals surface area contributed by atoms with Gasteiger partial charge in [-0.05, 0) is 34.5 Å². The Hall–Kier alpha value is -1.62. The summed E-state index contributed by atoms with van der Waals surface area (Å²) >= 11 is 3.36. The molecule has 0 bridgehead atoms. The summed E-state index contributed by atoms with van der Waals surface area (Å²) in [5, 5.41) is 9.31. The molecule has 0 aliphatic carbocycles. The highest BCUT2D eigenvalue weighted by Gasteiger charge is 2.20. The second kappa shape index (κ2) is 3.75. The summed E-state index contributed by atoms with van der Waals surface area (Å²) in [5.74, 6) is -2.35. The molecule has 2 N–H and O–H groups in total. The number of carbonyl (C=O) groups excluding carboxylic acids is 1. The number of H-pyrrole nitrogens is 1. The molecule has 1 heterocycles. The number of carboxylic acids is 1. The molecule has 0 aliphatic heterocycles. The molecular formula is C11H8BrNO3. The van der Waals surface area contributed by atoms with Gasteiger partial charge in [0.2, 0.25) is 0 Å². The van der Waals surface area contributed by atoms with E-state index in [1.807, 2.05) is 19.1 Å². The number of nitrogens with one attached hydrogen (secondary N) is 1. The summed E-state index contributed by atoms with van der Waals surface area (Å²) < 4.78 is 0.746. The third-order valence-corrected chi connectivity index (χ3v) is 3.44. The number of Topliss-reactive ketones (excluding diaryl/α,β-unsaturated/α-hetero) is 1. The number of rotatable bonds is 2. The number of aliphatic carboxylic acids is 1. The van der Waals surface area contributed by atoms with Crippen molar-refractivity contribution in [1.29, 1.82) is 0 Å². The average molecular weight is 282 g/mol. The monoisotopic (exact) mass is 281 g/mol. The Morgan fingerprint density at radius 3 is 2.69 bits per heavy atom. The van der Waals surface area contributed by atoms with Crippen LogP contribution >= 0.6 is 15.9 Å². The Morgan fingerprint density at radius 2 is 2.06 bits per heavy atom. The molecule has 2 aromatic rings. The van der Waals surface area contributed by atoms with E-state index in [2.05, 4.69) is 20.9 Å². The van der Waals surface area contributed by atoms with Gasteiger partial charge in [-0.2, -0.15) is 0 Å². The summed E-state index contributed by atoms with van der Waals surface area (Å²) in [4.78, 5) is 25.0. The molecule has 4 nitrogen and oxygen atoms in total. The van der Waals surface area contributed by atoms with Crippen molar-refractivity contribution in [1.82, 2.24) is 4.98 Å². The van der Waals surface area contributed by atoms with Gasteiger partial charge in [-0.15, -0.1) is 0 Å². The third-order valence-electron chi connectivity index (χ3n) is 2.42. The molecule has 5 heteroatoms. The van der Waals surface area contributed by atoms with Crippen LogP contribution in [-0.4, -0.2) is 21.8 Å². The Bertz CT molecular complexity index is 601. The van der Waals surface area contributed by atoms with Crippen molar-refractivity contribution < 1.29 is 14.7 Å². The predicted octanol–water partition coefficient (Wildman–Crippen LogP) is 2.51. The maximum absolute atomic E-state index is 11.4. The van der Waals surface area contributed by atoms with Crippen LogP contribution in [0.3, 0.4) is 0 Å². The molecule has 0 saturated carbocycles. The Labute approximate surface area is 99.4 Å². The number of carbonyl (C=O) groups is 2. The van der Waals surface area contributed by atoms with Crippen LogP contribution in [0.25, 0.3) is 10.9 Å². The normalized spacial score (nSPS) is 10.6. The summed E-state index contributed by atoms with van der Waals surface area (Å²) in [5.41, 5.74) is 1.87. The van der Waals surface area contributed by atoms with Crippen LogP contribution < -0.4 is 0 Å². The fourth-order valence-electron chi connectivity index (χ4n) is 1.58. The molecule has 0 radical (unpaired) electrons. The van der Waals surface area contributed by atoms with Crippen LogP contribution in [0.1, 0.15) is 15.9 Å². The van der Waals surface area contributed by atoms with Gasteiger partial charge >= 0.3 is 5.97 Å². The van der Waals surface area contributed by atoms with E-state index in [1.165, 1.54) is 6.20 Å². The number of aromatic amines is 1. The van der Waals surface area contributed by atoms with Gasteiger partial charge in [0.25, 0.3) is 5.78 Å². The van der Waals surface area contributed by atoms with Crippen molar-refractivity contribution in [3.05, 3.63) is 33.9 Å². The Balaban J connectivity index is 2.77. The van der Waals surface area contributed by atoms with Crippen LogP contribution in [-0.2, 0) is 4.79 Å². The Kier molecular flexibility index (Phi) is 2.55. The summed E-state index contributed by atoms with van der Waals surface area (Å²) in [6.07, 6.45) is 1.42. The topological polar surface area (TPSA) is 70.2 Å². The van der Waals surface area contributed by atoms with E-state index < -0.39 is 11.8 Å². The minimum Gasteiger partial charge on any atom is -0.475 e. The van der Waals surface area contributed by atoms with Gasteiger partial charge in [-0.3, -0.25) is 4.79 Å². The quantitative estimate of drug-likeness (QED) is 0.656. The van der Waals surface area contributed by atoms with Crippen LogP contribution in [0.2, 0.25) is 0 Å². The van der Waals surface area contributed by atoms with Gasteiger partial charge in [0.15, 0.2) is 0 Å². The highest BCUT2D eigenvalue weighted by Crippen LogP contribution is 2.30. The van der Waals surface area contributed by atoms with Crippen LogP contribution in [0, 0.1) is 6.92 Å². The molecule has 0 atom stereocenters. The molecule has 0 unspecified atom stereocenters. The fourth-order valence-corrected chi connectivity index (χ4v) is 2.14. The first kappa shape index (κ1) is 10.9. The van der Waals surface area contributed by atoms with E-state index in [9.17, 15) is 9.59 Å². The first-order chi connectivity index (χ1) is 7.52. The molecule has 0 fully saturated rings. The number of halogens is 1. The van der Waals surface area contributed by atoms with E-state index in [4.69, 9.17) is 5.11 Å². The number of aryl methyl sites for hydroxylation is 1. The lowest BCUT2D eigenvalue weighted by atomic mass is 10.1. The largest absolute Gasteiger partial charge is 0.475 e. The first-order valence-electron chi connectivity index (χ1n) is 4.56. The maximum atomic E-state index is 11.4. The highest BCUT2D eigenvalue weighted by molar-refractivity contribution is 9.10. The standard InChI is InChI=1S/C11H8BrNO3/c1-5-2-3-7-8(9(5)12)6(4-13-7)10(14)11(15)16/h2-4,13H,1H3,(H,15,16). The lowest BCUT2D eigenvalue weighted by Gasteiger charge is -2.01. The second-order valence-corrected chi connectivity index (χ2v) is 4.25. The number of benzene rings is 1. The van der Waals surface area contributed by atoms with Crippen molar-refractivity contribution in [2.45, 2.75) is 6.92 Å². The van der Waals surface area contributed by atoms with Gasteiger partial charge in [0, 0.05) is 21.6 Å². The number of carboxylic acid groups (broad SMARTS) is 1. The van der Waals surface area contributed by atoms with Gasteiger partial charge in [0.1, 0.15) is 0 Å². The van der Waals surface area contributed by atoms with Crippen molar-refractivity contribution in [3.63, 3.8) is 0 Å². The zero-order valence-corrected chi connectivity index (χ0v) is 9.96. The molecular weight excluding hydrogens is 274 g/mol. The first-order valence-corrected chi connectivity index (χ1v) is 5.35. The molecule has 0 spiro atoms. The van der Waals surface area contributed by atoms with Crippen molar-refractivity contribution in [2.75, 3.05) is 0 Å². The van der Waals surface area contributed by atoms with E-state index in [1.54, 1.807) is 0 Å². The van der Waals surface area contributed by atoms with E-state index in [0.29, 0.717) is 5.39 Å². The smallest absolute Gasteiger partial charge is 0.377 e. The van der Waals surface area contributed by atoms with E-state index in [-0.39, 0.29) is 5.56 Å².